The van der Waals surface area contributed by atoms with Crippen LogP contribution in [0.5, 0.6) is 0 Å². The summed E-state index contributed by atoms with van der Waals surface area (Å²) < 4.78 is 5.35. The van der Waals surface area contributed by atoms with Gasteiger partial charge in [0.15, 0.2) is 0 Å². The lowest BCUT2D eigenvalue weighted by Gasteiger charge is -2.26. The smallest absolute Gasteiger partial charge is 0.333 e. The summed E-state index contributed by atoms with van der Waals surface area (Å²) in [6.45, 7) is 11.8. The molecule has 0 spiro atoms. The van der Waals surface area contributed by atoms with Gasteiger partial charge in [0.05, 0.1) is 0 Å². The summed E-state index contributed by atoms with van der Waals surface area (Å²) >= 11 is 0. The molecule has 0 bridgehead atoms. The van der Waals surface area contributed by atoms with Crippen LogP contribution >= 0.6 is 0 Å². The fraction of sp³-hybridized carbons (Fsp3) is 0.114. The van der Waals surface area contributed by atoms with E-state index in [0.717, 1.165) is 50.8 Å². The molecule has 0 aliphatic carbocycles. The van der Waals surface area contributed by atoms with Crippen LogP contribution in [-0.4, -0.2) is 5.97 Å². The summed E-state index contributed by atoms with van der Waals surface area (Å²) in [5.41, 5.74) is 13.7. The second-order valence-electron chi connectivity index (χ2n) is 12.3. The fourth-order valence-electron chi connectivity index (χ4n) is 5.60. The summed E-state index contributed by atoms with van der Waals surface area (Å²) in [7, 11) is 0. The van der Waals surface area contributed by atoms with Gasteiger partial charge in [0.1, 0.15) is 6.61 Å². The van der Waals surface area contributed by atoms with Crippen molar-refractivity contribution < 1.29 is 9.53 Å². The molecule has 0 fully saturated rings. The van der Waals surface area contributed by atoms with E-state index in [9.17, 15) is 4.79 Å². The highest BCUT2D eigenvalue weighted by atomic mass is 16.5. The third-order valence-corrected chi connectivity index (χ3v) is 8.37. The molecule has 0 N–H and O–H groups in total. The molecular weight excluding hydrogens is 588 g/mol. The van der Waals surface area contributed by atoms with Crippen LogP contribution in [0, 0.1) is 20.8 Å². The number of carbonyl (C=O) groups excluding carboxylic acids is 1. The molecule has 6 rings (SSSR count). The normalized spacial score (nSPS) is 10.8. The van der Waals surface area contributed by atoms with Crippen LogP contribution < -0.4 is 9.80 Å². The highest BCUT2D eigenvalue weighted by Crippen LogP contribution is 2.38. The van der Waals surface area contributed by atoms with E-state index in [1.54, 1.807) is 6.92 Å². The maximum atomic E-state index is 11.9. The number of aryl methyl sites for hydroxylation is 3. The van der Waals surface area contributed by atoms with E-state index in [1.807, 2.05) is 12.1 Å². The largest absolute Gasteiger partial charge is 0.457 e. The first-order valence-electron chi connectivity index (χ1n) is 16.2. The molecule has 0 atom stereocenters. The summed E-state index contributed by atoms with van der Waals surface area (Å²) in [6, 6.07) is 51.4. The van der Waals surface area contributed by atoms with Gasteiger partial charge in [-0.3, -0.25) is 0 Å². The van der Waals surface area contributed by atoms with Crippen molar-refractivity contribution in [3.05, 3.63) is 180 Å². The number of rotatable bonds is 10. The minimum absolute atomic E-state index is 0.206. The monoisotopic (exact) mass is 628 g/mol. The van der Waals surface area contributed by atoms with Crippen LogP contribution in [0.1, 0.15) is 29.2 Å². The molecule has 0 saturated carbocycles. The standard InChI is InChI=1S/C44H40N2O2/c1-31(2)44(47)48-30-35-12-24-41(25-13-35)46(40-22-10-34(5)11-23-40)43-28-16-37(17-29-43)36-14-26-42(27-15-36)45(38-18-6-32(3)7-19-38)39-20-8-33(4)9-21-39/h6-29H,1,30H2,2-5H3. The number of nitrogens with zero attached hydrogens (tertiary/aromatic N) is 2. The Kier molecular flexibility index (Phi) is 9.54. The Labute approximate surface area is 284 Å². The molecule has 4 nitrogen and oxygen atoms in total. The number of hydrogen-bond donors (Lipinski definition) is 0. The van der Waals surface area contributed by atoms with E-state index in [0.29, 0.717) is 5.57 Å². The third-order valence-electron chi connectivity index (χ3n) is 8.37. The fourth-order valence-corrected chi connectivity index (χ4v) is 5.60. The van der Waals surface area contributed by atoms with Crippen molar-refractivity contribution in [3.63, 3.8) is 0 Å². The number of esters is 1. The van der Waals surface area contributed by atoms with Gasteiger partial charge in [-0.15, -0.1) is 0 Å². The highest BCUT2D eigenvalue weighted by Gasteiger charge is 2.15. The maximum absolute atomic E-state index is 11.9. The zero-order valence-corrected chi connectivity index (χ0v) is 28.0. The molecular formula is C44H40N2O2. The molecule has 6 aromatic carbocycles. The second kappa shape index (κ2) is 14.3. The van der Waals surface area contributed by atoms with E-state index in [1.165, 1.54) is 16.7 Å². The number of anilines is 6. The van der Waals surface area contributed by atoms with E-state index in [4.69, 9.17) is 4.74 Å². The summed E-state index contributed by atoms with van der Waals surface area (Å²) in [5.74, 6) is -0.384. The van der Waals surface area contributed by atoms with Gasteiger partial charge < -0.3 is 14.5 Å². The van der Waals surface area contributed by atoms with Crippen LogP contribution in [-0.2, 0) is 16.1 Å². The number of hydrogen-bond acceptors (Lipinski definition) is 4. The average Bonchev–Trinajstić information content (AvgIpc) is 3.11. The summed E-state index contributed by atoms with van der Waals surface area (Å²) in [6.07, 6.45) is 0. The third kappa shape index (κ3) is 7.40. The van der Waals surface area contributed by atoms with Gasteiger partial charge in [-0.1, -0.05) is 96.1 Å². The van der Waals surface area contributed by atoms with E-state index in [2.05, 4.69) is 171 Å². The number of benzene rings is 6. The molecule has 6 aromatic rings. The van der Waals surface area contributed by atoms with Crippen molar-refractivity contribution in [1.29, 1.82) is 0 Å². The molecule has 0 radical (unpaired) electrons. The minimum atomic E-state index is -0.384. The van der Waals surface area contributed by atoms with Gasteiger partial charge >= 0.3 is 5.97 Å². The molecule has 0 unspecified atom stereocenters. The summed E-state index contributed by atoms with van der Waals surface area (Å²) in [5, 5.41) is 0. The van der Waals surface area contributed by atoms with Crippen LogP contribution in [0.15, 0.2) is 158 Å². The van der Waals surface area contributed by atoms with Crippen LogP contribution in [0.25, 0.3) is 11.1 Å². The van der Waals surface area contributed by atoms with Crippen LogP contribution in [0.4, 0.5) is 34.1 Å². The first kappa shape index (κ1) is 32.1. The molecule has 0 heterocycles. The molecule has 0 aromatic heterocycles. The van der Waals surface area contributed by atoms with Crippen molar-refractivity contribution in [3.8, 4) is 11.1 Å². The van der Waals surface area contributed by atoms with Crippen LogP contribution in [0.3, 0.4) is 0 Å². The molecule has 4 heteroatoms. The molecule has 0 aliphatic rings. The highest BCUT2D eigenvalue weighted by molar-refractivity contribution is 5.87. The van der Waals surface area contributed by atoms with Gasteiger partial charge in [-0.05, 0) is 117 Å². The molecule has 48 heavy (non-hydrogen) atoms. The Balaban J connectivity index is 1.27. The lowest BCUT2D eigenvalue weighted by Crippen LogP contribution is -2.10. The van der Waals surface area contributed by atoms with Crippen molar-refractivity contribution >= 4 is 40.1 Å². The van der Waals surface area contributed by atoms with Gasteiger partial charge in [0, 0.05) is 39.7 Å². The van der Waals surface area contributed by atoms with Gasteiger partial charge in [0.25, 0.3) is 0 Å². The number of ether oxygens (including phenoxy) is 1. The number of carbonyl (C=O) groups is 1. The van der Waals surface area contributed by atoms with Gasteiger partial charge in [-0.2, -0.15) is 0 Å². The van der Waals surface area contributed by atoms with E-state index < -0.39 is 0 Å². The SMILES string of the molecule is C=C(C)C(=O)OCc1ccc(N(c2ccc(C)cc2)c2ccc(-c3ccc(N(c4ccc(C)cc4)c4ccc(C)cc4)cc3)cc2)cc1. The Morgan fingerprint density at radius 1 is 0.479 bits per heavy atom. The maximum Gasteiger partial charge on any atom is 0.333 e. The lowest BCUT2D eigenvalue weighted by atomic mass is 10.0. The van der Waals surface area contributed by atoms with Crippen molar-refractivity contribution in [2.75, 3.05) is 9.80 Å². The quantitative estimate of drug-likeness (QED) is 0.112. The topological polar surface area (TPSA) is 32.8 Å². The predicted molar refractivity (Wildman–Crippen MR) is 200 cm³/mol. The van der Waals surface area contributed by atoms with Gasteiger partial charge in [-0.25, -0.2) is 4.79 Å². The zero-order chi connectivity index (χ0) is 33.6. The van der Waals surface area contributed by atoms with E-state index in [-0.39, 0.29) is 12.6 Å². The average molecular weight is 629 g/mol. The van der Waals surface area contributed by atoms with Crippen molar-refractivity contribution in [2.24, 2.45) is 0 Å². The molecule has 0 aliphatic heterocycles. The Morgan fingerprint density at radius 2 is 0.750 bits per heavy atom. The molecule has 238 valence electrons. The molecule has 0 amide bonds. The minimum Gasteiger partial charge on any atom is -0.457 e. The zero-order valence-electron chi connectivity index (χ0n) is 28.0. The summed E-state index contributed by atoms with van der Waals surface area (Å²) in [4.78, 5) is 16.4. The van der Waals surface area contributed by atoms with Crippen molar-refractivity contribution in [2.45, 2.75) is 34.3 Å². The Bertz CT molecular complexity index is 1950. The first-order chi connectivity index (χ1) is 23.2. The predicted octanol–water partition coefficient (Wildman–Crippen LogP) is 11.8. The lowest BCUT2D eigenvalue weighted by molar-refractivity contribution is -0.140. The van der Waals surface area contributed by atoms with Crippen LogP contribution in [0.2, 0.25) is 0 Å². The van der Waals surface area contributed by atoms with E-state index >= 15 is 0 Å². The Hall–Kier alpha value is -5.87. The first-order valence-corrected chi connectivity index (χ1v) is 16.2. The van der Waals surface area contributed by atoms with Crippen molar-refractivity contribution in [1.82, 2.24) is 0 Å². The molecule has 0 saturated heterocycles. The Morgan fingerprint density at radius 3 is 1.04 bits per heavy atom. The van der Waals surface area contributed by atoms with Gasteiger partial charge in [0.2, 0.25) is 0 Å². The second-order valence-corrected chi connectivity index (χ2v) is 12.3.